The van der Waals surface area contributed by atoms with E-state index in [9.17, 15) is 18.0 Å². The highest BCUT2D eigenvalue weighted by molar-refractivity contribution is 7.92. The Morgan fingerprint density at radius 1 is 1.14 bits per heavy atom. The molecule has 2 fully saturated rings. The standard InChI is InChI=1S/C18H28N4O4S2/c1-13(23)21-10-8-15(9-11-21)22(14-6-4-3-5-7-14)18(24)20-17-19-12-16(27-17)28(2,25)26/h12,14-15H,3-11H2,1-2H3,(H,19,20,24). The van der Waals surface area contributed by atoms with Gasteiger partial charge in [-0.15, -0.1) is 0 Å². The number of nitrogens with one attached hydrogen (secondary N) is 1. The van der Waals surface area contributed by atoms with Crippen molar-refractivity contribution >= 4 is 38.2 Å². The van der Waals surface area contributed by atoms with E-state index in [1.54, 1.807) is 6.92 Å². The zero-order valence-corrected chi connectivity index (χ0v) is 18.0. The topological polar surface area (TPSA) is 99.7 Å². The molecule has 3 rings (SSSR count). The molecular formula is C18H28N4O4S2. The van der Waals surface area contributed by atoms with Gasteiger partial charge in [0.25, 0.3) is 0 Å². The molecule has 3 amide bonds. The lowest BCUT2D eigenvalue weighted by Crippen LogP contribution is -2.54. The van der Waals surface area contributed by atoms with Crippen molar-refractivity contribution in [1.29, 1.82) is 0 Å². The minimum atomic E-state index is -3.34. The van der Waals surface area contributed by atoms with Crippen LogP contribution < -0.4 is 5.32 Å². The van der Waals surface area contributed by atoms with Crippen molar-refractivity contribution in [3.05, 3.63) is 6.20 Å². The third-order valence-corrected chi connectivity index (χ3v) is 8.27. The maximum absolute atomic E-state index is 13.1. The fourth-order valence-corrected chi connectivity index (χ4v) is 5.72. The molecule has 0 unspecified atom stereocenters. The molecule has 10 heteroatoms. The number of hydrogen-bond acceptors (Lipinski definition) is 6. The first-order valence-electron chi connectivity index (χ1n) is 9.76. The van der Waals surface area contributed by atoms with Gasteiger partial charge in [-0.2, -0.15) is 0 Å². The summed E-state index contributed by atoms with van der Waals surface area (Å²) in [4.78, 5) is 32.6. The molecule has 0 spiro atoms. The number of piperidine rings is 1. The summed E-state index contributed by atoms with van der Waals surface area (Å²) in [6.45, 7) is 2.89. The lowest BCUT2D eigenvalue weighted by Gasteiger charge is -2.43. The van der Waals surface area contributed by atoms with E-state index in [1.165, 1.54) is 12.6 Å². The Hall–Kier alpha value is -1.68. The average Bonchev–Trinajstić information content (AvgIpc) is 3.12. The van der Waals surface area contributed by atoms with Crippen molar-refractivity contribution in [3.8, 4) is 0 Å². The molecule has 2 heterocycles. The highest BCUT2D eigenvalue weighted by atomic mass is 32.2. The molecule has 1 aliphatic carbocycles. The van der Waals surface area contributed by atoms with Gasteiger partial charge in [0, 0.05) is 38.4 Å². The molecule has 0 atom stereocenters. The molecule has 1 aromatic rings. The van der Waals surface area contributed by atoms with Gasteiger partial charge in [-0.25, -0.2) is 18.2 Å². The minimum Gasteiger partial charge on any atom is -0.343 e. The van der Waals surface area contributed by atoms with Crippen LogP contribution in [0.3, 0.4) is 0 Å². The van der Waals surface area contributed by atoms with Crippen LogP contribution in [0, 0.1) is 0 Å². The number of urea groups is 1. The normalized spacial score (nSPS) is 19.4. The number of nitrogens with zero attached hydrogens (tertiary/aromatic N) is 3. The number of aromatic nitrogens is 1. The maximum Gasteiger partial charge on any atom is 0.324 e. The van der Waals surface area contributed by atoms with E-state index in [4.69, 9.17) is 0 Å². The number of carbonyl (C=O) groups is 2. The van der Waals surface area contributed by atoms with Crippen molar-refractivity contribution in [2.45, 2.75) is 68.2 Å². The third kappa shape index (κ3) is 5.02. The number of amides is 3. The van der Waals surface area contributed by atoms with Gasteiger partial charge in [-0.3, -0.25) is 10.1 Å². The molecular weight excluding hydrogens is 400 g/mol. The van der Waals surface area contributed by atoms with Crippen molar-refractivity contribution in [2.75, 3.05) is 24.7 Å². The number of thiazole rings is 1. The Kier molecular flexibility index (Phi) is 6.59. The predicted molar refractivity (Wildman–Crippen MR) is 108 cm³/mol. The second-order valence-electron chi connectivity index (χ2n) is 7.62. The summed E-state index contributed by atoms with van der Waals surface area (Å²) in [6, 6.07) is 0.0348. The monoisotopic (exact) mass is 428 g/mol. The van der Waals surface area contributed by atoms with Crippen molar-refractivity contribution < 1.29 is 18.0 Å². The molecule has 1 aromatic heterocycles. The third-order valence-electron chi connectivity index (χ3n) is 5.57. The van der Waals surface area contributed by atoms with Crippen LogP contribution in [-0.2, 0) is 14.6 Å². The first-order valence-corrected chi connectivity index (χ1v) is 12.5. The summed E-state index contributed by atoms with van der Waals surface area (Å²) in [7, 11) is -3.34. The van der Waals surface area contributed by atoms with E-state index in [1.807, 2.05) is 9.80 Å². The van der Waals surface area contributed by atoms with E-state index >= 15 is 0 Å². The van der Waals surface area contributed by atoms with Gasteiger partial charge in [0.05, 0.1) is 6.20 Å². The highest BCUT2D eigenvalue weighted by Gasteiger charge is 2.34. The molecule has 0 bridgehead atoms. The highest BCUT2D eigenvalue weighted by Crippen LogP contribution is 2.30. The Morgan fingerprint density at radius 3 is 2.29 bits per heavy atom. The molecule has 28 heavy (non-hydrogen) atoms. The molecule has 2 aliphatic rings. The lowest BCUT2D eigenvalue weighted by molar-refractivity contribution is -0.130. The van der Waals surface area contributed by atoms with E-state index < -0.39 is 9.84 Å². The van der Waals surface area contributed by atoms with Gasteiger partial charge in [-0.1, -0.05) is 30.6 Å². The molecule has 1 N–H and O–H groups in total. The number of rotatable bonds is 4. The summed E-state index contributed by atoms with van der Waals surface area (Å²) in [5.74, 6) is 0.0724. The van der Waals surface area contributed by atoms with E-state index in [2.05, 4.69) is 10.3 Å². The molecule has 1 saturated carbocycles. The number of carbonyl (C=O) groups excluding carboxylic acids is 2. The fraction of sp³-hybridized carbons (Fsp3) is 0.722. The van der Waals surface area contributed by atoms with Crippen LogP contribution in [0.25, 0.3) is 0 Å². The van der Waals surface area contributed by atoms with E-state index in [-0.39, 0.29) is 28.2 Å². The minimum absolute atomic E-state index is 0.0724. The summed E-state index contributed by atoms with van der Waals surface area (Å²) in [6.07, 6.45) is 9.30. The fourth-order valence-electron chi connectivity index (χ4n) is 4.09. The number of anilines is 1. The zero-order valence-electron chi connectivity index (χ0n) is 16.4. The van der Waals surface area contributed by atoms with Crippen LogP contribution >= 0.6 is 11.3 Å². The zero-order chi connectivity index (χ0) is 20.3. The SMILES string of the molecule is CC(=O)N1CCC(N(C(=O)Nc2ncc(S(C)(=O)=O)s2)C2CCCCC2)CC1. The van der Waals surface area contributed by atoms with Crippen LogP contribution in [-0.4, -0.2) is 66.6 Å². The van der Waals surface area contributed by atoms with Gasteiger partial charge in [0.2, 0.25) is 5.91 Å². The van der Waals surface area contributed by atoms with Crippen LogP contribution in [0.1, 0.15) is 51.9 Å². The molecule has 0 radical (unpaired) electrons. The summed E-state index contributed by atoms with van der Waals surface area (Å²) >= 11 is 0.973. The van der Waals surface area contributed by atoms with Gasteiger partial charge >= 0.3 is 6.03 Å². The van der Waals surface area contributed by atoms with Gasteiger partial charge in [-0.05, 0) is 25.7 Å². The van der Waals surface area contributed by atoms with Crippen LogP contribution in [0.5, 0.6) is 0 Å². The van der Waals surface area contributed by atoms with Crippen LogP contribution in [0.15, 0.2) is 10.4 Å². The van der Waals surface area contributed by atoms with Gasteiger partial charge in [0.15, 0.2) is 15.0 Å². The van der Waals surface area contributed by atoms with Gasteiger partial charge < -0.3 is 9.80 Å². The summed E-state index contributed by atoms with van der Waals surface area (Å²) < 4.78 is 23.5. The average molecular weight is 429 g/mol. The van der Waals surface area contributed by atoms with Crippen molar-refractivity contribution in [2.24, 2.45) is 0 Å². The quantitative estimate of drug-likeness (QED) is 0.795. The van der Waals surface area contributed by atoms with E-state index in [0.29, 0.717) is 18.2 Å². The second-order valence-corrected chi connectivity index (χ2v) is 10.9. The number of likely N-dealkylation sites (tertiary alicyclic amines) is 1. The Labute approximate surface area is 170 Å². The van der Waals surface area contributed by atoms with Crippen LogP contribution in [0.2, 0.25) is 0 Å². The number of hydrogen-bond donors (Lipinski definition) is 1. The van der Waals surface area contributed by atoms with Gasteiger partial charge in [0.1, 0.15) is 4.21 Å². The van der Waals surface area contributed by atoms with E-state index in [0.717, 1.165) is 56.1 Å². The van der Waals surface area contributed by atoms with Crippen molar-refractivity contribution in [1.82, 2.24) is 14.8 Å². The summed E-state index contributed by atoms with van der Waals surface area (Å²) in [5.41, 5.74) is 0. The second kappa shape index (κ2) is 8.77. The molecule has 1 saturated heterocycles. The van der Waals surface area contributed by atoms with Crippen LogP contribution in [0.4, 0.5) is 9.93 Å². The predicted octanol–water partition coefficient (Wildman–Crippen LogP) is 2.72. The Morgan fingerprint density at radius 2 is 1.75 bits per heavy atom. The molecule has 156 valence electrons. The lowest BCUT2D eigenvalue weighted by atomic mass is 9.91. The maximum atomic E-state index is 13.1. The molecule has 1 aliphatic heterocycles. The Balaban J connectivity index is 1.73. The molecule has 8 nitrogen and oxygen atoms in total. The summed E-state index contributed by atoms with van der Waals surface area (Å²) in [5, 5.41) is 3.11. The van der Waals surface area contributed by atoms with Crippen molar-refractivity contribution in [3.63, 3.8) is 0 Å². The first-order chi connectivity index (χ1) is 13.3. The largest absolute Gasteiger partial charge is 0.343 e. The first kappa shape index (κ1) is 21.0. The number of sulfone groups is 1. The molecule has 0 aromatic carbocycles. The smallest absolute Gasteiger partial charge is 0.324 e. The Bertz CT molecular complexity index is 809.